The van der Waals surface area contributed by atoms with Crippen LogP contribution in [0.25, 0.3) is 0 Å². The third-order valence-corrected chi connectivity index (χ3v) is 1.50. The van der Waals surface area contributed by atoms with E-state index in [0.29, 0.717) is 0 Å². The van der Waals surface area contributed by atoms with Gasteiger partial charge in [-0.05, 0) is 0 Å². The van der Waals surface area contributed by atoms with E-state index in [9.17, 15) is 13.2 Å². The summed E-state index contributed by atoms with van der Waals surface area (Å²) < 4.78 is 28.3. The Kier molecular flexibility index (Phi) is 3.79. The zero-order chi connectivity index (χ0) is 8.91. The van der Waals surface area contributed by atoms with Crippen molar-refractivity contribution in [2.75, 3.05) is 12.3 Å². The summed E-state index contributed by atoms with van der Waals surface area (Å²) in [6.07, 6.45) is 0. The highest BCUT2D eigenvalue weighted by atomic mass is 32.2. The lowest BCUT2D eigenvalue weighted by atomic mass is 10.7. The summed E-state index contributed by atoms with van der Waals surface area (Å²) in [6, 6.07) is -0.700. The number of carbonyl (C=O) groups is 1. The van der Waals surface area contributed by atoms with Crippen LogP contribution >= 0.6 is 0 Å². The number of urea groups is 1. The summed E-state index contributed by atoms with van der Waals surface area (Å²) in [6.45, 7) is -0.179. The molecule has 8 heteroatoms. The summed E-state index contributed by atoms with van der Waals surface area (Å²) >= 11 is 0. The fourth-order valence-electron chi connectivity index (χ4n) is 0.345. The van der Waals surface area contributed by atoms with Crippen molar-refractivity contribution in [3.8, 4) is 0 Å². The van der Waals surface area contributed by atoms with Crippen molar-refractivity contribution < 1.29 is 17.8 Å². The minimum absolute atomic E-state index is 0.179. The van der Waals surface area contributed by atoms with Gasteiger partial charge in [-0.15, -0.1) is 0 Å². The van der Waals surface area contributed by atoms with Gasteiger partial charge in [0.1, 0.15) is 0 Å². The molecule has 0 saturated carbocycles. The lowest BCUT2D eigenvalue weighted by Crippen LogP contribution is -2.41. The summed E-state index contributed by atoms with van der Waals surface area (Å²) in [5.41, 5.74) is 1.72. The smallest absolute Gasteiger partial charge is 0.328 e. The third-order valence-electron chi connectivity index (χ3n) is 0.777. The monoisotopic (exact) mass is 183 g/mol. The zero-order valence-corrected chi connectivity index (χ0v) is 6.39. The van der Waals surface area contributed by atoms with Crippen LogP contribution in [0.5, 0.6) is 0 Å². The van der Waals surface area contributed by atoms with Gasteiger partial charge in [0.15, 0.2) is 0 Å². The molecule has 0 heterocycles. The van der Waals surface area contributed by atoms with Gasteiger partial charge in [-0.1, -0.05) is 0 Å². The Bertz CT molecular complexity index is 223. The first-order valence-corrected chi connectivity index (χ1v) is 4.26. The average molecular weight is 183 g/mol. The Labute approximate surface area is 63.7 Å². The lowest BCUT2D eigenvalue weighted by Gasteiger charge is -2.00. The molecular formula is C3H9N3O4S. The van der Waals surface area contributed by atoms with Gasteiger partial charge in [0.2, 0.25) is 0 Å². The molecule has 66 valence electrons. The first-order valence-electron chi connectivity index (χ1n) is 2.65. The van der Waals surface area contributed by atoms with Crippen LogP contribution in [-0.4, -0.2) is 31.3 Å². The average Bonchev–Trinajstić information content (AvgIpc) is 1.85. The molecule has 0 fully saturated rings. The second-order valence-electron chi connectivity index (χ2n) is 1.69. The highest BCUT2D eigenvalue weighted by Gasteiger charge is 2.04. The van der Waals surface area contributed by atoms with E-state index in [-0.39, 0.29) is 6.54 Å². The van der Waals surface area contributed by atoms with E-state index < -0.39 is 21.9 Å². The van der Waals surface area contributed by atoms with Crippen LogP contribution in [0.1, 0.15) is 0 Å². The molecule has 0 bridgehead atoms. The molecule has 0 aromatic carbocycles. The maximum absolute atomic E-state index is 10.3. The molecule has 0 saturated heterocycles. The van der Waals surface area contributed by atoms with Crippen LogP contribution in [0, 0.1) is 0 Å². The first kappa shape index (κ1) is 10.1. The molecule has 0 atom stereocenters. The maximum atomic E-state index is 10.3. The molecule has 0 aliphatic heterocycles. The topological polar surface area (TPSA) is 122 Å². The van der Waals surface area contributed by atoms with Crippen LogP contribution < -0.4 is 16.6 Å². The van der Waals surface area contributed by atoms with E-state index in [0.717, 1.165) is 0 Å². The molecule has 2 amide bonds. The van der Waals surface area contributed by atoms with Gasteiger partial charge >= 0.3 is 6.03 Å². The van der Waals surface area contributed by atoms with Gasteiger partial charge in [0.25, 0.3) is 10.1 Å². The molecule has 5 N–H and O–H groups in total. The van der Waals surface area contributed by atoms with Crippen molar-refractivity contribution in [3.05, 3.63) is 0 Å². The number of hydrogen-bond donors (Lipinski definition) is 4. The van der Waals surface area contributed by atoms with Crippen LogP contribution in [0.4, 0.5) is 4.79 Å². The minimum atomic E-state index is -4.01. The van der Waals surface area contributed by atoms with E-state index in [1.54, 1.807) is 5.43 Å². The number of carbonyl (C=O) groups excluding carboxylic acids is 1. The Hall–Kier alpha value is -0.860. The van der Waals surface area contributed by atoms with Gasteiger partial charge in [-0.2, -0.15) is 8.42 Å². The Balaban J connectivity index is 3.51. The third kappa shape index (κ3) is 7.03. The highest BCUT2D eigenvalue weighted by Crippen LogP contribution is 1.77. The minimum Gasteiger partial charge on any atom is -0.336 e. The predicted molar refractivity (Wildman–Crippen MR) is 37.1 cm³/mol. The van der Waals surface area contributed by atoms with Gasteiger partial charge in [0.05, 0.1) is 5.75 Å². The number of rotatable bonds is 3. The van der Waals surface area contributed by atoms with Crippen molar-refractivity contribution in [2.24, 2.45) is 5.84 Å². The predicted octanol–water partition coefficient (Wildman–Crippen LogP) is -1.95. The second-order valence-corrected chi connectivity index (χ2v) is 3.26. The maximum Gasteiger partial charge on any atom is 0.328 e. The van der Waals surface area contributed by atoms with Crippen molar-refractivity contribution in [1.82, 2.24) is 10.7 Å². The molecule has 0 aliphatic carbocycles. The molecule has 11 heavy (non-hydrogen) atoms. The van der Waals surface area contributed by atoms with Crippen molar-refractivity contribution in [3.63, 3.8) is 0 Å². The lowest BCUT2D eigenvalue weighted by molar-refractivity contribution is 0.241. The summed E-state index contributed by atoms with van der Waals surface area (Å²) in [4.78, 5) is 10.3. The molecule has 0 aliphatic rings. The fraction of sp³-hybridized carbons (Fsp3) is 0.667. The molecular weight excluding hydrogens is 174 g/mol. The standard InChI is InChI=1S/C3H9N3O4S/c4-6-3(7)5-1-2-11(8,9)10/h1-2,4H2,(H2,5,6,7)(H,8,9,10). The van der Waals surface area contributed by atoms with Gasteiger partial charge < -0.3 is 5.32 Å². The molecule has 0 unspecified atom stereocenters. The van der Waals surface area contributed by atoms with Crippen LogP contribution in [0.15, 0.2) is 0 Å². The molecule has 0 aromatic heterocycles. The first-order chi connectivity index (χ1) is 4.95. The van der Waals surface area contributed by atoms with E-state index in [1.165, 1.54) is 0 Å². The van der Waals surface area contributed by atoms with Gasteiger partial charge in [0, 0.05) is 6.54 Å². The number of amides is 2. The Morgan fingerprint density at radius 1 is 1.55 bits per heavy atom. The highest BCUT2D eigenvalue weighted by molar-refractivity contribution is 7.85. The van der Waals surface area contributed by atoms with Crippen molar-refractivity contribution in [1.29, 1.82) is 0 Å². The fourth-order valence-corrected chi connectivity index (χ4v) is 0.705. The number of hydrogen-bond acceptors (Lipinski definition) is 4. The zero-order valence-electron chi connectivity index (χ0n) is 5.57. The van der Waals surface area contributed by atoms with Crippen LogP contribution in [0.2, 0.25) is 0 Å². The summed E-state index contributed by atoms with van der Waals surface area (Å²) in [7, 11) is -4.01. The number of nitrogens with one attached hydrogen (secondary N) is 2. The van der Waals surface area contributed by atoms with E-state index >= 15 is 0 Å². The largest absolute Gasteiger partial charge is 0.336 e. The molecule has 0 rings (SSSR count). The van der Waals surface area contributed by atoms with Crippen LogP contribution in [-0.2, 0) is 10.1 Å². The Morgan fingerprint density at radius 3 is 2.45 bits per heavy atom. The van der Waals surface area contributed by atoms with Crippen LogP contribution in [0.3, 0.4) is 0 Å². The van der Waals surface area contributed by atoms with E-state index in [1.807, 2.05) is 0 Å². The van der Waals surface area contributed by atoms with Crippen molar-refractivity contribution in [2.45, 2.75) is 0 Å². The quantitative estimate of drug-likeness (QED) is 0.175. The number of hydrazine groups is 1. The molecule has 0 spiro atoms. The van der Waals surface area contributed by atoms with Crippen molar-refractivity contribution >= 4 is 16.1 Å². The van der Waals surface area contributed by atoms with E-state index in [4.69, 9.17) is 4.55 Å². The molecule has 0 aromatic rings. The summed E-state index contributed by atoms with van der Waals surface area (Å²) in [5.74, 6) is 4.12. The molecule has 7 nitrogen and oxygen atoms in total. The van der Waals surface area contributed by atoms with E-state index in [2.05, 4.69) is 11.2 Å². The molecule has 0 radical (unpaired) electrons. The number of nitrogens with two attached hydrogens (primary N) is 1. The SMILES string of the molecule is NNC(=O)NCCS(=O)(=O)O. The Morgan fingerprint density at radius 2 is 2.09 bits per heavy atom. The van der Waals surface area contributed by atoms with Gasteiger partial charge in [-0.25, -0.2) is 10.6 Å². The second kappa shape index (κ2) is 4.11. The summed E-state index contributed by atoms with van der Waals surface area (Å²) in [5, 5.41) is 2.07. The normalized spacial score (nSPS) is 10.7. The van der Waals surface area contributed by atoms with Gasteiger partial charge in [-0.3, -0.25) is 9.98 Å².